The number of benzene rings is 2. The number of alkyl halides is 1. The van der Waals surface area contributed by atoms with Crippen LogP contribution in [0.1, 0.15) is 30.1 Å². The largest absolute Gasteiger partial charge is 0.352 e. The average Bonchev–Trinajstić information content (AvgIpc) is 2.42. The smallest absolute Gasteiger partial charge is 0.251 e. The van der Waals surface area contributed by atoms with Crippen molar-refractivity contribution in [3.8, 4) is 0 Å². The minimum atomic E-state index is 0.0130. The molecule has 0 bridgehead atoms. The Bertz CT molecular complexity index is 560. The summed E-state index contributed by atoms with van der Waals surface area (Å²) in [4.78, 5) is 12.7. The molecule has 0 aliphatic heterocycles. The minimum Gasteiger partial charge on any atom is -0.352 e. The summed E-state index contributed by atoms with van der Waals surface area (Å²) in [5.41, 5.74) is 0.755. The van der Waals surface area contributed by atoms with Crippen molar-refractivity contribution in [3.63, 3.8) is 0 Å². The van der Waals surface area contributed by atoms with Crippen LogP contribution in [-0.4, -0.2) is 17.3 Å². The second-order valence-electron chi connectivity index (χ2n) is 4.71. The lowest BCUT2D eigenvalue weighted by Gasteiger charge is -2.08. The number of nitrogens with one attached hydrogen (secondary N) is 1. The highest BCUT2D eigenvalue weighted by Crippen LogP contribution is 2.18. The van der Waals surface area contributed by atoms with Crippen LogP contribution in [-0.2, 0) is 0 Å². The van der Waals surface area contributed by atoms with Crippen LogP contribution < -0.4 is 5.32 Å². The molecular formula is C16H18BrNO. The summed E-state index contributed by atoms with van der Waals surface area (Å²) in [6.07, 6.45) is 2.05. The van der Waals surface area contributed by atoms with Gasteiger partial charge >= 0.3 is 0 Å². The molecule has 1 atom stereocenters. The number of carbonyl (C=O) groups excluding carboxylic acids is 1. The number of carbonyl (C=O) groups is 1. The van der Waals surface area contributed by atoms with E-state index in [4.69, 9.17) is 0 Å². The van der Waals surface area contributed by atoms with Crippen LogP contribution in [0, 0.1) is 0 Å². The van der Waals surface area contributed by atoms with E-state index in [1.54, 1.807) is 0 Å². The molecule has 100 valence electrons. The van der Waals surface area contributed by atoms with Gasteiger partial charge in [0.25, 0.3) is 5.91 Å². The molecule has 3 heteroatoms. The van der Waals surface area contributed by atoms with Crippen LogP contribution in [0.2, 0.25) is 0 Å². The number of hydrogen-bond acceptors (Lipinski definition) is 1. The lowest BCUT2D eigenvalue weighted by atomic mass is 10.0. The maximum atomic E-state index is 12.2. The van der Waals surface area contributed by atoms with Gasteiger partial charge in [-0.3, -0.25) is 4.79 Å². The van der Waals surface area contributed by atoms with Gasteiger partial charge in [0, 0.05) is 16.9 Å². The Hall–Kier alpha value is -1.35. The highest BCUT2D eigenvalue weighted by molar-refractivity contribution is 9.09. The van der Waals surface area contributed by atoms with E-state index in [9.17, 15) is 4.79 Å². The SMILES string of the molecule is CC(Br)CCCNC(=O)c1cccc2ccccc12. The molecule has 0 fully saturated rings. The van der Waals surface area contributed by atoms with Crippen molar-refractivity contribution in [1.29, 1.82) is 0 Å². The molecule has 1 unspecified atom stereocenters. The second kappa shape index (κ2) is 6.71. The maximum absolute atomic E-state index is 12.2. The normalized spacial score (nSPS) is 12.3. The van der Waals surface area contributed by atoms with Crippen molar-refractivity contribution >= 4 is 32.6 Å². The van der Waals surface area contributed by atoms with E-state index in [1.807, 2.05) is 42.5 Å². The Labute approximate surface area is 122 Å². The first-order valence-electron chi connectivity index (χ1n) is 6.58. The van der Waals surface area contributed by atoms with Crippen molar-refractivity contribution in [2.75, 3.05) is 6.54 Å². The van der Waals surface area contributed by atoms with Crippen LogP contribution in [0.25, 0.3) is 10.8 Å². The quantitative estimate of drug-likeness (QED) is 0.651. The van der Waals surface area contributed by atoms with E-state index in [1.165, 1.54) is 0 Å². The molecule has 2 nitrogen and oxygen atoms in total. The Kier molecular flexibility index (Phi) is 4.97. The molecule has 0 aliphatic carbocycles. The standard InChI is InChI=1S/C16H18BrNO/c1-12(17)6-5-11-18-16(19)15-10-4-8-13-7-2-3-9-14(13)15/h2-4,7-10,12H,5-6,11H2,1H3,(H,18,19). The van der Waals surface area contributed by atoms with Crippen molar-refractivity contribution < 1.29 is 4.79 Å². The average molecular weight is 320 g/mol. The molecule has 0 heterocycles. The van der Waals surface area contributed by atoms with Crippen LogP contribution in [0.3, 0.4) is 0 Å². The van der Waals surface area contributed by atoms with Crippen molar-refractivity contribution in [2.45, 2.75) is 24.6 Å². The van der Waals surface area contributed by atoms with E-state index in [0.717, 1.165) is 35.7 Å². The lowest BCUT2D eigenvalue weighted by Crippen LogP contribution is -2.24. The summed E-state index contributed by atoms with van der Waals surface area (Å²) in [6.45, 7) is 2.84. The fourth-order valence-corrected chi connectivity index (χ4v) is 2.43. The highest BCUT2D eigenvalue weighted by Gasteiger charge is 2.08. The molecule has 19 heavy (non-hydrogen) atoms. The molecule has 2 aromatic carbocycles. The van der Waals surface area contributed by atoms with Gasteiger partial charge in [-0.1, -0.05) is 59.3 Å². The molecule has 0 saturated heterocycles. The third-order valence-corrected chi connectivity index (χ3v) is 3.56. The van der Waals surface area contributed by atoms with E-state index in [0.29, 0.717) is 4.83 Å². The van der Waals surface area contributed by atoms with Gasteiger partial charge in [-0.25, -0.2) is 0 Å². The maximum Gasteiger partial charge on any atom is 0.251 e. The van der Waals surface area contributed by atoms with Gasteiger partial charge in [-0.15, -0.1) is 0 Å². The van der Waals surface area contributed by atoms with E-state index in [2.05, 4.69) is 28.2 Å². The molecule has 0 aromatic heterocycles. The summed E-state index contributed by atoms with van der Waals surface area (Å²) in [6, 6.07) is 13.8. The number of halogens is 1. The highest BCUT2D eigenvalue weighted by atomic mass is 79.9. The summed E-state index contributed by atoms with van der Waals surface area (Å²) in [5, 5.41) is 5.10. The van der Waals surface area contributed by atoms with E-state index < -0.39 is 0 Å². The topological polar surface area (TPSA) is 29.1 Å². The van der Waals surface area contributed by atoms with Crippen LogP contribution in [0.4, 0.5) is 0 Å². The molecular weight excluding hydrogens is 302 g/mol. The van der Waals surface area contributed by atoms with Gasteiger partial charge < -0.3 is 5.32 Å². The van der Waals surface area contributed by atoms with Gasteiger partial charge in [0.2, 0.25) is 0 Å². The van der Waals surface area contributed by atoms with Gasteiger partial charge in [-0.2, -0.15) is 0 Å². The molecule has 2 aromatic rings. The van der Waals surface area contributed by atoms with Gasteiger partial charge in [0.1, 0.15) is 0 Å². The number of rotatable bonds is 5. The zero-order chi connectivity index (χ0) is 13.7. The van der Waals surface area contributed by atoms with Crippen LogP contribution >= 0.6 is 15.9 Å². The Balaban J connectivity index is 2.05. The van der Waals surface area contributed by atoms with Crippen molar-refractivity contribution in [2.24, 2.45) is 0 Å². The Morgan fingerprint density at radius 2 is 1.95 bits per heavy atom. The Morgan fingerprint density at radius 3 is 2.74 bits per heavy atom. The number of fused-ring (bicyclic) bond motifs is 1. The summed E-state index contributed by atoms with van der Waals surface area (Å²) in [5.74, 6) is 0.0130. The zero-order valence-electron chi connectivity index (χ0n) is 11.0. The van der Waals surface area contributed by atoms with Gasteiger partial charge in [0.15, 0.2) is 0 Å². The summed E-state index contributed by atoms with van der Waals surface area (Å²) in [7, 11) is 0. The van der Waals surface area contributed by atoms with Crippen LogP contribution in [0.15, 0.2) is 42.5 Å². The molecule has 0 radical (unpaired) electrons. The second-order valence-corrected chi connectivity index (χ2v) is 6.27. The van der Waals surface area contributed by atoms with Gasteiger partial charge in [0.05, 0.1) is 0 Å². The number of hydrogen-bond donors (Lipinski definition) is 1. The lowest BCUT2D eigenvalue weighted by molar-refractivity contribution is 0.0954. The summed E-state index contributed by atoms with van der Waals surface area (Å²) < 4.78 is 0. The molecule has 0 saturated carbocycles. The molecule has 0 aliphatic rings. The third-order valence-electron chi connectivity index (χ3n) is 3.10. The Morgan fingerprint density at radius 1 is 1.21 bits per heavy atom. The number of amides is 1. The van der Waals surface area contributed by atoms with E-state index in [-0.39, 0.29) is 5.91 Å². The van der Waals surface area contributed by atoms with Crippen molar-refractivity contribution in [3.05, 3.63) is 48.0 Å². The molecule has 0 spiro atoms. The molecule has 1 amide bonds. The van der Waals surface area contributed by atoms with E-state index >= 15 is 0 Å². The predicted molar refractivity (Wildman–Crippen MR) is 83.9 cm³/mol. The fourth-order valence-electron chi connectivity index (χ4n) is 2.10. The van der Waals surface area contributed by atoms with Crippen LogP contribution in [0.5, 0.6) is 0 Å². The fraction of sp³-hybridized carbons (Fsp3) is 0.312. The first-order valence-corrected chi connectivity index (χ1v) is 7.50. The van der Waals surface area contributed by atoms with Gasteiger partial charge in [-0.05, 0) is 29.7 Å². The first-order chi connectivity index (χ1) is 9.18. The minimum absolute atomic E-state index is 0.0130. The predicted octanol–water partition coefficient (Wildman–Crippen LogP) is 4.13. The third kappa shape index (κ3) is 3.80. The van der Waals surface area contributed by atoms with Crippen molar-refractivity contribution in [1.82, 2.24) is 5.32 Å². The monoisotopic (exact) mass is 319 g/mol. The molecule has 2 rings (SSSR count). The first kappa shape index (κ1) is 14.1. The summed E-state index contributed by atoms with van der Waals surface area (Å²) >= 11 is 3.51. The zero-order valence-corrected chi connectivity index (χ0v) is 12.6. The molecule has 1 N–H and O–H groups in total.